The number of carbonyl (C=O) groups is 2. The van der Waals surface area contributed by atoms with Crippen LogP contribution in [0.15, 0.2) is 53.7 Å². The SMILES string of the molecule is CC(C)Sc1nc2ccccc2n1C(=O)c1ccccc1C(=O)O. The van der Waals surface area contributed by atoms with E-state index in [1.54, 1.807) is 12.1 Å². The number of rotatable bonds is 4. The molecule has 0 bridgehead atoms. The van der Waals surface area contributed by atoms with Crippen molar-refractivity contribution in [3.05, 3.63) is 59.7 Å². The highest BCUT2D eigenvalue weighted by atomic mass is 32.2. The summed E-state index contributed by atoms with van der Waals surface area (Å²) in [5.74, 6) is -1.51. The van der Waals surface area contributed by atoms with Crippen molar-refractivity contribution in [1.82, 2.24) is 9.55 Å². The van der Waals surface area contributed by atoms with Gasteiger partial charge in [-0.25, -0.2) is 9.78 Å². The molecule has 0 saturated carbocycles. The quantitative estimate of drug-likeness (QED) is 0.729. The van der Waals surface area contributed by atoms with E-state index in [1.165, 1.54) is 28.5 Å². The maximum Gasteiger partial charge on any atom is 0.336 e. The van der Waals surface area contributed by atoms with Crippen LogP contribution in [0.1, 0.15) is 34.6 Å². The van der Waals surface area contributed by atoms with E-state index >= 15 is 0 Å². The molecule has 5 nitrogen and oxygen atoms in total. The average molecular weight is 340 g/mol. The van der Waals surface area contributed by atoms with Crippen molar-refractivity contribution in [3.8, 4) is 0 Å². The molecular weight excluding hydrogens is 324 g/mol. The molecule has 0 radical (unpaired) electrons. The fraction of sp³-hybridized carbons (Fsp3) is 0.167. The standard InChI is InChI=1S/C18H16N2O3S/c1-11(2)24-18-19-14-9-5-6-10-15(14)20(18)16(21)12-7-3-4-8-13(12)17(22)23/h3-11H,1-2H3,(H,22,23). The van der Waals surface area contributed by atoms with E-state index < -0.39 is 5.97 Å². The van der Waals surface area contributed by atoms with Crippen LogP contribution in [0.2, 0.25) is 0 Å². The number of para-hydroxylation sites is 2. The summed E-state index contributed by atoms with van der Waals surface area (Å²) < 4.78 is 1.50. The lowest BCUT2D eigenvalue weighted by Crippen LogP contribution is -2.17. The molecule has 0 spiro atoms. The van der Waals surface area contributed by atoms with Crippen molar-refractivity contribution in [2.45, 2.75) is 24.3 Å². The summed E-state index contributed by atoms with van der Waals surface area (Å²) in [6.45, 7) is 4.04. The van der Waals surface area contributed by atoms with E-state index in [2.05, 4.69) is 4.98 Å². The zero-order valence-electron chi connectivity index (χ0n) is 13.3. The molecule has 6 heteroatoms. The van der Waals surface area contributed by atoms with Crippen LogP contribution >= 0.6 is 11.8 Å². The molecule has 0 aliphatic rings. The van der Waals surface area contributed by atoms with Gasteiger partial charge in [-0.2, -0.15) is 0 Å². The van der Waals surface area contributed by atoms with Gasteiger partial charge in [-0.1, -0.05) is 49.9 Å². The number of hydrogen-bond acceptors (Lipinski definition) is 4. The monoisotopic (exact) mass is 340 g/mol. The Bertz CT molecular complexity index is 931. The van der Waals surface area contributed by atoms with Crippen LogP contribution in [0, 0.1) is 0 Å². The molecule has 1 N–H and O–H groups in total. The number of hydrogen-bond donors (Lipinski definition) is 1. The van der Waals surface area contributed by atoms with Gasteiger partial charge in [0.05, 0.1) is 22.2 Å². The summed E-state index contributed by atoms with van der Waals surface area (Å²) in [6.07, 6.45) is 0. The van der Waals surface area contributed by atoms with Crippen LogP contribution in [0.4, 0.5) is 0 Å². The highest BCUT2D eigenvalue weighted by Crippen LogP contribution is 2.28. The largest absolute Gasteiger partial charge is 0.478 e. The summed E-state index contributed by atoms with van der Waals surface area (Å²) >= 11 is 1.47. The molecule has 0 unspecified atom stereocenters. The van der Waals surface area contributed by atoms with Gasteiger partial charge in [0.15, 0.2) is 5.16 Å². The minimum Gasteiger partial charge on any atom is -0.478 e. The molecule has 24 heavy (non-hydrogen) atoms. The molecule has 3 aromatic rings. The van der Waals surface area contributed by atoms with Crippen LogP contribution in [-0.2, 0) is 0 Å². The minimum atomic E-state index is -1.12. The van der Waals surface area contributed by atoms with Crippen LogP contribution in [0.5, 0.6) is 0 Å². The average Bonchev–Trinajstić information content (AvgIpc) is 2.91. The van der Waals surface area contributed by atoms with Gasteiger partial charge in [0.2, 0.25) is 0 Å². The number of aromatic nitrogens is 2. The summed E-state index contributed by atoms with van der Waals surface area (Å²) in [5, 5.41) is 10.2. The van der Waals surface area contributed by atoms with Gasteiger partial charge in [-0.05, 0) is 24.3 Å². The topological polar surface area (TPSA) is 72.2 Å². The molecule has 122 valence electrons. The number of benzene rings is 2. The van der Waals surface area contributed by atoms with Crippen molar-refractivity contribution in [1.29, 1.82) is 0 Å². The van der Waals surface area contributed by atoms with Gasteiger partial charge in [0.1, 0.15) is 0 Å². The lowest BCUT2D eigenvalue weighted by Gasteiger charge is -2.10. The second-order valence-electron chi connectivity index (χ2n) is 5.54. The summed E-state index contributed by atoms with van der Waals surface area (Å²) in [7, 11) is 0. The van der Waals surface area contributed by atoms with Crippen molar-refractivity contribution >= 4 is 34.7 Å². The summed E-state index contributed by atoms with van der Waals surface area (Å²) in [6, 6.07) is 13.6. The van der Waals surface area contributed by atoms with Gasteiger partial charge >= 0.3 is 5.97 Å². The Morgan fingerprint density at radius 2 is 1.67 bits per heavy atom. The summed E-state index contributed by atoms with van der Waals surface area (Å²) in [5.41, 5.74) is 1.52. The van der Waals surface area contributed by atoms with Crippen LogP contribution in [0.25, 0.3) is 11.0 Å². The van der Waals surface area contributed by atoms with Crippen molar-refractivity contribution in [2.24, 2.45) is 0 Å². The minimum absolute atomic E-state index is 0.0132. The number of fused-ring (bicyclic) bond motifs is 1. The highest BCUT2D eigenvalue weighted by molar-refractivity contribution is 7.99. The predicted molar refractivity (Wildman–Crippen MR) is 93.9 cm³/mol. The maximum absolute atomic E-state index is 13.1. The van der Waals surface area contributed by atoms with Crippen molar-refractivity contribution in [2.75, 3.05) is 0 Å². The molecular formula is C18H16N2O3S. The third-order valence-corrected chi connectivity index (χ3v) is 4.42. The molecule has 3 rings (SSSR count). The Morgan fingerprint density at radius 1 is 1.04 bits per heavy atom. The molecule has 0 amide bonds. The maximum atomic E-state index is 13.1. The predicted octanol–water partition coefficient (Wildman–Crippen LogP) is 3.92. The van der Waals surface area contributed by atoms with Gasteiger partial charge in [-0.15, -0.1) is 0 Å². The number of carboxylic acids is 1. The molecule has 0 saturated heterocycles. The van der Waals surface area contributed by atoms with E-state index in [-0.39, 0.29) is 22.3 Å². The number of carbonyl (C=O) groups excluding carboxylic acids is 1. The van der Waals surface area contributed by atoms with Crippen LogP contribution in [-0.4, -0.2) is 31.8 Å². The van der Waals surface area contributed by atoms with E-state index in [0.29, 0.717) is 16.2 Å². The fourth-order valence-corrected chi connectivity index (χ4v) is 3.33. The number of nitrogens with zero attached hydrogens (tertiary/aromatic N) is 2. The smallest absolute Gasteiger partial charge is 0.336 e. The van der Waals surface area contributed by atoms with Gasteiger partial charge in [0.25, 0.3) is 5.91 Å². The lowest BCUT2D eigenvalue weighted by atomic mass is 10.1. The summed E-state index contributed by atoms with van der Waals surface area (Å²) in [4.78, 5) is 29.1. The highest BCUT2D eigenvalue weighted by Gasteiger charge is 2.23. The second-order valence-corrected chi connectivity index (χ2v) is 7.08. The van der Waals surface area contributed by atoms with Crippen LogP contribution < -0.4 is 0 Å². The Morgan fingerprint density at radius 3 is 2.33 bits per heavy atom. The number of imidazole rings is 1. The molecule has 0 fully saturated rings. The molecule has 0 aliphatic carbocycles. The van der Waals surface area contributed by atoms with E-state index in [9.17, 15) is 14.7 Å². The Kier molecular flexibility index (Phi) is 4.40. The van der Waals surface area contributed by atoms with E-state index in [1.807, 2.05) is 38.1 Å². The molecule has 1 heterocycles. The molecule has 0 aliphatic heterocycles. The van der Waals surface area contributed by atoms with Gasteiger partial charge in [0, 0.05) is 5.25 Å². The molecule has 1 aromatic heterocycles. The normalized spacial score (nSPS) is 11.1. The van der Waals surface area contributed by atoms with Crippen LogP contribution in [0.3, 0.4) is 0 Å². The van der Waals surface area contributed by atoms with E-state index in [0.717, 1.165) is 0 Å². The Balaban J connectivity index is 2.21. The van der Waals surface area contributed by atoms with Crippen molar-refractivity contribution in [3.63, 3.8) is 0 Å². The van der Waals surface area contributed by atoms with Gasteiger partial charge in [-0.3, -0.25) is 9.36 Å². The third-order valence-electron chi connectivity index (χ3n) is 3.46. The number of carboxylic acid groups (broad SMARTS) is 1. The first kappa shape index (κ1) is 16.3. The van der Waals surface area contributed by atoms with E-state index in [4.69, 9.17) is 0 Å². The zero-order valence-corrected chi connectivity index (χ0v) is 14.1. The third kappa shape index (κ3) is 2.92. The lowest BCUT2D eigenvalue weighted by molar-refractivity contribution is 0.0691. The van der Waals surface area contributed by atoms with Gasteiger partial charge < -0.3 is 5.11 Å². The molecule has 0 atom stereocenters. The second kappa shape index (κ2) is 6.49. The molecule has 2 aromatic carbocycles. The first-order valence-corrected chi connectivity index (χ1v) is 8.38. The Labute approximate surface area is 143 Å². The first-order valence-electron chi connectivity index (χ1n) is 7.50. The fourth-order valence-electron chi connectivity index (χ4n) is 2.47. The number of thioether (sulfide) groups is 1. The number of aromatic carboxylic acids is 1. The first-order chi connectivity index (χ1) is 11.5. The zero-order chi connectivity index (χ0) is 17.3. The van der Waals surface area contributed by atoms with Crippen molar-refractivity contribution < 1.29 is 14.7 Å². The Hall–Kier alpha value is -2.60.